The molecule has 1 aliphatic carbocycles. The van der Waals surface area contributed by atoms with Gasteiger partial charge in [-0.15, -0.1) is 0 Å². The lowest BCUT2D eigenvalue weighted by molar-refractivity contribution is -0.133. The molecule has 1 amide bonds. The first-order valence-electron chi connectivity index (χ1n) is 8.67. The lowest BCUT2D eigenvalue weighted by atomic mass is 10.1. The van der Waals surface area contributed by atoms with E-state index in [0.29, 0.717) is 0 Å². The molecular weight excluding hydrogens is 305 g/mol. The second-order valence-electron chi connectivity index (χ2n) is 7.07. The molecule has 2 aliphatic rings. The van der Waals surface area contributed by atoms with Crippen LogP contribution in [0.3, 0.4) is 0 Å². The summed E-state index contributed by atoms with van der Waals surface area (Å²) >= 11 is 0. The number of aromatic nitrogens is 2. The SMILES string of the molecule is Cc1cnn(C[C@@H]2CCCN2C(=O)[C@H]2C[C@@H]2c2ccc(F)cc2)c1. The minimum absolute atomic E-state index is 0.0652. The van der Waals surface area contributed by atoms with Gasteiger partial charge in [-0.25, -0.2) is 4.39 Å². The molecule has 2 aromatic rings. The van der Waals surface area contributed by atoms with Crippen molar-refractivity contribution in [3.8, 4) is 0 Å². The van der Waals surface area contributed by atoms with Gasteiger partial charge in [-0.2, -0.15) is 5.10 Å². The number of halogens is 1. The summed E-state index contributed by atoms with van der Waals surface area (Å²) < 4.78 is 15.0. The molecule has 1 aliphatic heterocycles. The van der Waals surface area contributed by atoms with Crippen LogP contribution in [0.25, 0.3) is 0 Å². The fourth-order valence-corrected chi connectivity index (χ4v) is 3.86. The Morgan fingerprint density at radius 2 is 2.12 bits per heavy atom. The maximum Gasteiger partial charge on any atom is 0.226 e. The maximum atomic E-state index is 13.0. The highest BCUT2D eigenvalue weighted by Crippen LogP contribution is 2.49. The molecule has 1 aromatic heterocycles. The zero-order valence-electron chi connectivity index (χ0n) is 13.9. The van der Waals surface area contributed by atoms with Gasteiger partial charge in [0, 0.05) is 18.7 Å². The van der Waals surface area contributed by atoms with Crippen LogP contribution in [0, 0.1) is 18.7 Å². The van der Waals surface area contributed by atoms with Gasteiger partial charge in [-0.1, -0.05) is 12.1 Å². The highest BCUT2D eigenvalue weighted by molar-refractivity contribution is 5.83. The second kappa shape index (κ2) is 6.04. The average Bonchev–Trinajstić information content (AvgIpc) is 3.06. The number of nitrogens with zero attached hydrogens (tertiary/aromatic N) is 3. The summed E-state index contributed by atoms with van der Waals surface area (Å²) in [5.41, 5.74) is 2.22. The van der Waals surface area contributed by atoms with Crippen molar-refractivity contribution in [2.45, 2.75) is 44.7 Å². The Kier molecular flexibility index (Phi) is 3.87. The van der Waals surface area contributed by atoms with Gasteiger partial charge in [0.2, 0.25) is 5.91 Å². The van der Waals surface area contributed by atoms with Crippen LogP contribution in [-0.4, -0.2) is 33.2 Å². The number of carbonyl (C=O) groups is 1. The zero-order valence-corrected chi connectivity index (χ0v) is 13.9. The number of benzene rings is 1. The van der Waals surface area contributed by atoms with E-state index >= 15 is 0 Å². The van der Waals surface area contributed by atoms with Crippen LogP contribution in [0.1, 0.15) is 36.3 Å². The minimum atomic E-state index is -0.226. The van der Waals surface area contributed by atoms with Crippen molar-refractivity contribution in [3.63, 3.8) is 0 Å². The maximum absolute atomic E-state index is 13.0. The number of likely N-dealkylation sites (tertiary alicyclic amines) is 1. The molecule has 1 aromatic carbocycles. The van der Waals surface area contributed by atoms with E-state index in [9.17, 15) is 9.18 Å². The second-order valence-corrected chi connectivity index (χ2v) is 7.07. The third kappa shape index (κ3) is 2.95. The first-order valence-corrected chi connectivity index (χ1v) is 8.67. The Balaban J connectivity index is 1.41. The van der Waals surface area contributed by atoms with Crippen molar-refractivity contribution < 1.29 is 9.18 Å². The van der Waals surface area contributed by atoms with Crippen molar-refractivity contribution in [1.82, 2.24) is 14.7 Å². The van der Waals surface area contributed by atoms with Crippen LogP contribution in [0.4, 0.5) is 4.39 Å². The summed E-state index contributed by atoms with van der Waals surface area (Å²) in [6, 6.07) is 6.82. The van der Waals surface area contributed by atoms with Crippen molar-refractivity contribution in [2.75, 3.05) is 6.54 Å². The standard InChI is InChI=1S/C19H22FN3O/c1-13-10-21-22(11-13)12-16-3-2-8-23(16)19(24)18-9-17(18)14-4-6-15(20)7-5-14/h4-7,10-11,16-18H,2-3,8-9,12H2,1H3/t16-,17+,18-/m0/s1. The van der Waals surface area contributed by atoms with Crippen molar-refractivity contribution >= 4 is 5.91 Å². The van der Waals surface area contributed by atoms with E-state index in [1.165, 1.54) is 12.1 Å². The van der Waals surface area contributed by atoms with Gasteiger partial charge in [0.15, 0.2) is 0 Å². The normalized spacial score (nSPS) is 25.9. The molecule has 0 unspecified atom stereocenters. The number of aryl methyl sites for hydroxylation is 1. The van der Waals surface area contributed by atoms with E-state index in [1.807, 2.05) is 28.9 Å². The molecule has 24 heavy (non-hydrogen) atoms. The molecule has 5 heteroatoms. The fourth-order valence-electron chi connectivity index (χ4n) is 3.86. The molecule has 3 atom stereocenters. The van der Waals surface area contributed by atoms with Crippen LogP contribution in [0.2, 0.25) is 0 Å². The van der Waals surface area contributed by atoms with Crippen LogP contribution in [0.5, 0.6) is 0 Å². The third-order valence-corrected chi connectivity index (χ3v) is 5.23. The molecule has 4 nitrogen and oxygen atoms in total. The lowest BCUT2D eigenvalue weighted by Gasteiger charge is -2.25. The summed E-state index contributed by atoms with van der Waals surface area (Å²) in [6.45, 7) is 3.64. The molecule has 4 rings (SSSR count). The molecule has 0 N–H and O–H groups in total. The van der Waals surface area contributed by atoms with Gasteiger partial charge in [0.05, 0.1) is 18.8 Å². The van der Waals surface area contributed by atoms with Crippen molar-refractivity contribution in [2.24, 2.45) is 5.92 Å². The van der Waals surface area contributed by atoms with E-state index in [1.54, 1.807) is 12.1 Å². The summed E-state index contributed by atoms with van der Waals surface area (Å²) in [5.74, 6) is 0.355. The number of hydrogen-bond acceptors (Lipinski definition) is 2. The fraction of sp³-hybridized carbons (Fsp3) is 0.474. The van der Waals surface area contributed by atoms with Gasteiger partial charge in [-0.3, -0.25) is 9.48 Å². The molecule has 126 valence electrons. The summed E-state index contributed by atoms with van der Waals surface area (Å²) in [5, 5.41) is 4.35. The van der Waals surface area contributed by atoms with Crippen LogP contribution >= 0.6 is 0 Å². The minimum Gasteiger partial charge on any atom is -0.338 e. The molecule has 0 spiro atoms. The molecule has 1 saturated carbocycles. The molecule has 2 heterocycles. The van der Waals surface area contributed by atoms with E-state index in [4.69, 9.17) is 0 Å². The van der Waals surface area contributed by atoms with Gasteiger partial charge >= 0.3 is 0 Å². The molecule has 0 radical (unpaired) electrons. The Bertz CT molecular complexity index is 739. The highest BCUT2D eigenvalue weighted by Gasteiger charge is 2.47. The smallest absolute Gasteiger partial charge is 0.226 e. The van der Waals surface area contributed by atoms with Gasteiger partial charge in [-0.05, 0) is 55.4 Å². The Morgan fingerprint density at radius 1 is 1.33 bits per heavy atom. The predicted octanol–water partition coefficient (Wildman–Crippen LogP) is 3.13. The number of carbonyl (C=O) groups excluding carboxylic acids is 1. The summed E-state index contributed by atoms with van der Waals surface area (Å²) in [6.07, 6.45) is 6.86. The number of hydrogen-bond donors (Lipinski definition) is 0. The van der Waals surface area contributed by atoms with E-state index < -0.39 is 0 Å². The molecular formula is C19H22FN3O. The number of rotatable bonds is 4. The Morgan fingerprint density at radius 3 is 2.83 bits per heavy atom. The van der Waals surface area contributed by atoms with E-state index in [2.05, 4.69) is 5.10 Å². The Hall–Kier alpha value is -2.17. The van der Waals surface area contributed by atoms with Crippen LogP contribution in [-0.2, 0) is 11.3 Å². The van der Waals surface area contributed by atoms with Gasteiger partial charge in [0.25, 0.3) is 0 Å². The summed E-state index contributed by atoms with van der Waals surface area (Å²) in [7, 11) is 0. The average molecular weight is 327 g/mol. The lowest BCUT2D eigenvalue weighted by Crippen LogP contribution is -2.39. The largest absolute Gasteiger partial charge is 0.338 e. The van der Waals surface area contributed by atoms with Gasteiger partial charge in [0.1, 0.15) is 5.82 Å². The van der Waals surface area contributed by atoms with Crippen molar-refractivity contribution in [1.29, 1.82) is 0 Å². The summed E-state index contributed by atoms with van der Waals surface area (Å²) in [4.78, 5) is 14.9. The van der Waals surface area contributed by atoms with E-state index in [0.717, 1.165) is 43.5 Å². The predicted molar refractivity (Wildman–Crippen MR) is 88.9 cm³/mol. The monoisotopic (exact) mass is 327 g/mol. The topological polar surface area (TPSA) is 38.1 Å². The van der Waals surface area contributed by atoms with E-state index in [-0.39, 0.29) is 29.6 Å². The quantitative estimate of drug-likeness (QED) is 0.865. The zero-order chi connectivity index (χ0) is 16.7. The first-order chi connectivity index (χ1) is 11.6. The Labute approximate surface area is 141 Å². The van der Waals surface area contributed by atoms with Crippen LogP contribution in [0.15, 0.2) is 36.7 Å². The molecule has 1 saturated heterocycles. The highest BCUT2D eigenvalue weighted by atomic mass is 19.1. The van der Waals surface area contributed by atoms with Gasteiger partial charge < -0.3 is 4.90 Å². The van der Waals surface area contributed by atoms with Crippen molar-refractivity contribution in [3.05, 3.63) is 53.6 Å². The first kappa shape index (κ1) is 15.4. The number of amides is 1. The molecule has 0 bridgehead atoms. The third-order valence-electron chi connectivity index (χ3n) is 5.23. The van der Waals surface area contributed by atoms with Crippen LogP contribution < -0.4 is 0 Å². The molecule has 2 fully saturated rings.